The van der Waals surface area contributed by atoms with Crippen molar-refractivity contribution < 1.29 is 0 Å². The van der Waals surface area contributed by atoms with E-state index < -0.39 is 0 Å². The zero-order valence-electron chi connectivity index (χ0n) is 17.3. The molecule has 1 aromatic carbocycles. The van der Waals surface area contributed by atoms with Gasteiger partial charge in [-0.1, -0.05) is 24.6 Å². The van der Waals surface area contributed by atoms with E-state index in [-0.39, 0.29) is 0 Å². The van der Waals surface area contributed by atoms with Crippen molar-refractivity contribution in [3.63, 3.8) is 0 Å². The van der Waals surface area contributed by atoms with Crippen LogP contribution >= 0.6 is 0 Å². The molecule has 1 aliphatic heterocycles. The highest BCUT2D eigenvalue weighted by Crippen LogP contribution is 2.30. The van der Waals surface area contributed by atoms with Gasteiger partial charge in [0.25, 0.3) is 0 Å². The van der Waals surface area contributed by atoms with E-state index >= 15 is 0 Å². The zero-order valence-corrected chi connectivity index (χ0v) is 17.3. The molecule has 0 unspecified atom stereocenters. The predicted octanol–water partition coefficient (Wildman–Crippen LogP) is 5.15. The normalized spacial score (nSPS) is 15.1. The lowest BCUT2D eigenvalue weighted by atomic mass is 10.1. The number of benzene rings is 1. The first-order valence-corrected chi connectivity index (χ1v) is 10.9. The summed E-state index contributed by atoms with van der Waals surface area (Å²) in [4.78, 5) is 15.2. The van der Waals surface area contributed by atoms with Gasteiger partial charge in [-0.2, -0.15) is 5.10 Å². The molecular weight excluding hydrogens is 384 g/mol. The highest BCUT2D eigenvalue weighted by molar-refractivity contribution is 5.96. The number of pyridine rings is 2. The predicted molar refractivity (Wildman–Crippen MR) is 124 cm³/mol. The first-order chi connectivity index (χ1) is 15.3. The van der Waals surface area contributed by atoms with Crippen LogP contribution in [0.4, 0.5) is 0 Å². The molecule has 154 valence electrons. The van der Waals surface area contributed by atoms with Crippen molar-refractivity contribution in [1.82, 2.24) is 30.0 Å². The SMILES string of the molecule is c1ccc2[nH]c(-c3n[nH]c4cnc(-c5cncc(CN6CCCCC6)c5)cc34)cc2c1. The van der Waals surface area contributed by atoms with Crippen molar-refractivity contribution >= 4 is 21.8 Å². The van der Waals surface area contributed by atoms with Crippen LogP contribution in [-0.2, 0) is 6.54 Å². The van der Waals surface area contributed by atoms with Crippen LogP contribution in [0.5, 0.6) is 0 Å². The average Bonchev–Trinajstić information content (AvgIpc) is 3.43. The number of H-pyrrole nitrogens is 2. The second kappa shape index (κ2) is 7.63. The number of hydrogen-bond acceptors (Lipinski definition) is 4. The van der Waals surface area contributed by atoms with E-state index in [0.29, 0.717) is 0 Å². The van der Waals surface area contributed by atoms with Gasteiger partial charge in [-0.25, -0.2) is 0 Å². The van der Waals surface area contributed by atoms with E-state index in [1.165, 1.54) is 43.3 Å². The molecule has 0 amide bonds. The topological polar surface area (TPSA) is 73.5 Å². The molecule has 5 aromatic rings. The number of para-hydroxylation sites is 1. The van der Waals surface area contributed by atoms with Crippen molar-refractivity contribution in [3.8, 4) is 22.6 Å². The van der Waals surface area contributed by atoms with Gasteiger partial charge in [0.1, 0.15) is 5.69 Å². The Morgan fingerprint density at radius 2 is 1.81 bits per heavy atom. The number of piperidine rings is 1. The summed E-state index contributed by atoms with van der Waals surface area (Å²) in [5.41, 5.74) is 7.14. The zero-order chi connectivity index (χ0) is 20.6. The Labute approximate surface area is 180 Å². The summed E-state index contributed by atoms with van der Waals surface area (Å²) < 4.78 is 0. The average molecular weight is 409 g/mol. The maximum Gasteiger partial charge on any atom is 0.116 e. The van der Waals surface area contributed by atoms with Gasteiger partial charge >= 0.3 is 0 Å². The molecule has 31 heavy (non-hydrogen) atoms. The monoisotopic (exact) mass is 408 g/mol. The minimum Gasteiger partial charge on any atom is -0.353 e. The van der Waals surface area contributed by atoms with Gasteiger partial charge in [0.15, 0.2) is 0 Å². The molecule has 4 aromatic heterocycles. The van der Waals surface area contributed by atoms with Gasteiger partial charge in [-0.3, -0.25) is 20.0 Å². The number of hydrogen-bond donors (Lipinski definition) is 2. The highest BCUT2D eigenvalue weighted by atomic mass is 15.1. The fourth-order valence-electron chi connectivity index (χ4n) is 4.57. The summed E-state index contributed by atoms with van der Waals surface area (Å²) in [6.07, 6.45) is 9.68. The molecular formula is C25H24N6. The molecule has 1 aliphatic rings. The maximum absolute atomic E-state index is 4.68. The van der Waals surface area contributed by atoms with E-state index in [1.807, 2.05) is 24.7 Å². The quantitative estimate of drug-likeness (QED) is 0.431. The smallest absolute Gasteiger partial charge is 0.116 e. The summed E-state index contributed by atoms with van der Waals surface area (Å²) in [6, 6.07) is 14.8. The Morgan fingerprint density at radius 1 is 0.903 bits per heavy atom. The molecule has 1 fully saturated rings. The third-order valence-electron chi connectivity index (χ3n) is 6.18. The van der Waals surface area contributed by atoms with E-state index in [4.69, 9.17) is 0 Å². The van der Waals surface area contributed by atoms with Crippen LogP contribution in [0.1, 0.15) is 24.8 Å². The lowest BCUT2D eigenvalue weighted by Gasteiger charge is -2.26. The summed E-state index contributed by atoms with van der Waals surface area (Å²) in [5, 5.41) is 9.92. The molecule has 0 radical (unpaired) electrons. The largest absolute Gasteiger partial charge is 0.353 e. The standard InChI is InChI=1S/C25H24N6/c1-4-8-31(9-5-1)16-17-10-19(14-26-13-17)22-12-20-24(15-27-22)29-30-25(20)23-11-18-6-2-3-7-21(18)28-23/h2-3,6-7,10-15,28H,1,4-5,8-9,16H2,(H,29,30). The van der Waals surface area contributed by atoms with Gasteiger partial charge in [-0.05, 0) is 55.8 Å². The molecule has 0 atom stereocenters. The molecule has 6 rings (SSSR count). The van der Waals surface area contributed by atoms with Crippen LogP contribution < -0.4 is 0 Å². The van der Waals surface area contributed by atoms with Crippen LogP contribution in [0.25, 0.3) is 44.5 Å². The molecule has 0 saturated carbocycles. The fraction of sp³-hybridized carbons (Fsp3) is 0.240. The van der Waals surface area contributed by atoms with E-state index in [1.54, 1.807) is 0 Å². The van der Waals surface area contributed by atoms with Crippen molar-refractivity contribution in [1.29, 1.82) is 0 Å². The van der Waals surface area contributed by atoms with Crippen LogP contribution in [0.15, 0.2) is 61.1 Å². The Bertz CT molecular complexity index is 1330. The van der Waals surface area contributed by atoms with Crippen LogP contribution in [0.2, 0.25) is 0 Å². The number of nitrogens with zero attached hydrogens (tertiary/aromatic N) is 4. The van der Waals surface area contributed by atoms with Gasteiger partial charge in [0, 0.05) is 40.8 Å². The molecule has 6 nitrogen and oxygen atoms in total. The van der Waals surface area contributed by atoms with E-state index in [2.05, 4.69) is 66.4 Å². The number of fused-ring (bicyclic) bond motifs is 2. The van der Waals surface area contributed by atoms with Gasteiger partial charge in [-0.15, -0.1) is 0 Å². The third kappa shape index (κ3) is 3.49. The Hall–Kier alpha value is -3.51. The van der Waals surface area contributed by atoms with Gasteiger partial charge in [0.05, 0.1) is 23.1 Å². The Kier molecular flexibility index (Phi) is 4.50. The number of nitrogens with one attached hydrogen (secondary N) is 2. The third-order valence-corrected chi connectivity index (χ3v) is 6.18. The fourth-order valence-corrected chi connectivity index (χ4v) is 4.57. The molecule has 0 aliphatic carbocycles. The highest BCUT2D eigenvalue weighted by Gasteiger charge is 2.14. The molecule has 0 spiro atoms. The molecule has 5 heterocycles. The van der Waals surface area contributed by atoms with Gasteiger partial charge in [0.2, 0.25) is 0 Å². The first-order valence-electron chi connectivity index (χ1n) is 10.9. The van der Waals surface area contributed by atoms with E-state index in [9.17, 15) is 0 Å². The number of aromatic nitrogens is 5. The second-order valence-electron chi connectivity index (χ2n) is 8.38. The van der Waals surface area contributed by atoms with Crippen LogP contribution in [0.3, 0.4) is 0 Å². The second-order valence-corrected chi connectivity index (χ2v) is 8.38. The minimum absolute atomic E-state index is 0.910. The van der Waals surface area contributed by atoms with E-state index in [0.717, 1.165) is 45.6 Å². The molecule has 2 N–H and O–H groups in total. The summed E-state index contributed by atoms with van der Waals surface area (Å²) in [5.74, 6) is 0. The first kappa shape index (κ1) is 18.3. The molecule has 0 bridgehead atoms. The lowest BCUT2D eigenvalue weighted by molar-refractivity contribution is 0.220. The number of aromatic amines is 2. The number of likely N-dealkylation sites (tertiary alicyclic amines) is 1. The van der Waals surface area contributed by atoms with Crippen LogP contribution in [0, 0.1) is 0 Å². The maximum atomic E-state index is 4.68. The Morgan fingerprint density at radius 3 is 2.71 bits per heavy atom. The van der Waals surface area contributed by atoms with Crippen LogP contribution in [-0.4, -0.2) is 43.1 Å². The van der Waals surface area contributed by atoms with Crippen molar-refractivity contribution in [2.45, 2.75) is 25.8 Å². The van der Waals surface area contributed by atoms with Gasteiger partial charge < -0.3 is 4.98 Å². The van der Waals surface area contributed by atoms with Crippen molar-refractivity contribution in [2.24, 2.45) is 0 Å². The summed E-state index contributed by atoms with van der Waals surface area (Å²) >= 11 is 0. The lowest BCUT2D eigenvalue weighted by Crippen LogP contribution is -2.29. The Balaban J connectivity index is 1.36. The minimum atomic E-state index is 0.910. The summed E-state index contributed by atoms with van der Waals surface area (Å²) in [7, 11) is 0. The van der Waals surface area contributed by atoms with Crippen molar-refractivity contribution in [3.05, 3.63) is 66.6 Å². The molecule has 6 heteroatoms. The summed E-state index contributed by atoms with van der Waals surface area (Å²) in [6.45, 7) is 3.31. The van der Waals surface area contributed by atoms with Crippen molar-refractivity contribution in [2.75, 3.05) is 13.1 Å². The molecule has 1 saturated heterocycles. The number of rotatable bonds is 4.